The summed E-state index contributed by atoms with van der Waals surface area (Å²) >= 11 is 0. The molecule has 0 aromatic carbocycles. The second kappa shape index (κ2) is 7.83. The molecule has 0 aromatic rings. The Kier molecular flexibility index (Phi) is 7.02. The Labute approximate surface area is 89.2 Å². The first kappa shape index (κ1) is 13.5. The van der Waals surface area contributed by atoms with Gasteiger partial charge in [-0.2, -0.15) is 0 Å². The van der Waals surface area contributed by atoms with Crippen molar-refractivity contribution in [3.05, 3.63) is 0 Å². The Balaban J connectivity index is 3.90. The van der Waals surface area contributed by atoms with Crippen LogP contribution in [0.2, 0.25) is 0 Å². The summed E-state index contributed by atoms with van der Waals surface area (Å²) in [6.45, 7) is 3.24. The number of carboxylic acid groups (broad SMARTS) is 1. The Hall–Kier alpha value is -1.54. The molecule has 0 rings (SSSR count). The lowest BCUT2D eigenvalue weighted by Gasteiger charge is -2.11. The van der Waals surface area contributed by atoms with Crippen LogP contribution in [0.15, 0.2) is 0 Å². The first-order valence-electron chi connectivity index (χ1n) is 4.78. The maximum absolute atomic E-state index is 11.2. The van der Waals surface area contributed by atoms with Gasteiger partial charge in [0.15, 0.2) is 0 Å². The molecule has 0 fully saturated rings. The molecule has 1 atom stereocenters. The fraction of sp³-hybridized carbons (Fsp3) is 0.600. The quantitative estimate of drug-likeness (QED) is 0.395. The molecule has 0 radical (unpaired) electrons. The molecular weight excluding hydrogens is 196 g/mol. The van der Waals surface area contributed by atoms with Crippen LogP contribution in [0.1, 0.15) is 19.8 Å². The van der Waals surface area contributed by atoms with Crippen LogP contribution in [0.5, 0.6) is 0 Å². The number of carbonyl (C=O) groups excluding carboxylic acids is 1. The maximum atomic E-state index is 11.2. The summed E-state index contributed by atoms with van der Waals surface area (Å²) < 4.78 is 0. The minimum Gasteiger partial charge on any atom is -0.480 e. The zero-order valence-electron chi connectivity index (χ0n) is 8.75. The third-order valence-corrected chi connectivity index (χ3v) is 1.73. The van der Waals surface area contributed by atoms with Gasteiger partial charge in [-0.3, -0.25) is 4.79 Å². The molecule has 15 heavy (non-hydrogen) atoms. The summed E-state index contributed by atoms with van der Waals surface area (Å²) in [6.07, 6.45) is 5.24. The lowest BCUT2D eigenvalue weighted by atomic mass is 10.2. The fourth-order valence-electron chi connectivity index (χ4n) is 0.963. The molecule has 0 aromatic heterocycles. The summed E-state index contributed by atoms with van der Waals surface area (Å²) in [5.41, 5.74) is 0. The van der Waals surface area contributed by atoms with Gasteiger partial charge in [0.2, 0.25) is 5.91 Å². The summed E-state index contributed by atoms with van der Waals surface area (Å²) in [6, 6.07) is -0.982. The van der Waals surface area contributed by atoms with Crippen LogP contribution in [-0.2, 0) is 9.59 Å². The van der Waals surface area contributed by atoms with Crippen LogP contribution in [-0.4, -0.2) is 36.1 Å². The molecule has 0 aliphatic carbocycles. The number of carboxylic acids is 1. The first-order chi connectivity index (χ1) is 7.11. The number of amides is 1. The van der Waals surface area contributed by atoms with Crippen LogP contribution in [0.3, 0.4) is 0 Å². The monoisotopic (exact) mass is 212 g/mol. The lowest BCUT2D eigenvalue weighted by molar-refractivity contribution is -0.141. The van der Waals surface area contributed by atoms with E-state index < -0.39 is 12.0 Å². The number of nitrogens with one attached hydrogen (secondary N) is 2. The molecule has 0 heterocycles. The standard InChI is InChI=1S/C10H16N2O3/c1-3-5-8(10(14)15)12-9(13)6-7-11-4-2/h1,8,11H,4-7H2,2H3,(H,12,13)(H,14,15). The minimum atomic E-state index is -1.11. The highest BCUT2D eigenvalue weighted by molar-refractivity contribution is 5.83. The SMILES string of the molecule is C#CCC(NC(=O)CCNCC)C(=O)O. The van der Waals surface area contributed by atoms with Crippen LogP contribution < -0.4 is 10.6 Å². The van der Waals surface area contributed by atoms with Gasteiger partial charge in [-0.25, -0.2) is 4.79 Å². The molecule has 1 unspecified atom stereocenters. The number of hydrogen-bond donors (Lipinski definition) is 3. The van der Waals surface area contributed by atoms with Crippen molar-refractivity contribution < 1.29 is 14.7 Å². The number of carbonyl (C=O) groups is 2. The van der Waals surface area contributed by atoms with Gasteiger partial charge in [-0.05, 0) is 6.54 Å². The predicted octanol–water partition coefficient (Wildman–Crippen LogP) is -0.421. The van der Waals surface area contributed by atoms with Crippen LogP contribution >= 0.6 is 0 Å². The zero-order chi connectivity index (χ0) is 11.7. The molecule has 1 amide bonds. The maximum Gasteiger partial charge on any atom is 0.327 e. The van der Waals surface area contributed by atoms with E-state index in [1.165, 1.54) is 0 Å². The average Bonchev–Trinajstić information content (AvgIpc) is 2.17. The van der Waals surface area contributed by atoms with Gasteiger partial charge in [0.05, 0.1) is 0 Å². The first-order valence-corrected chi connectivity index (χ1v) is 4.78. The zero-order valence-corrected chi connectivity index (χ0v) is 8.75. The Morgan fingerprint density at radius 3 is 2.67 bits per heavy atom. The molecule has 0 spiro atoms. The van der Waals surface area contributed by atoms with Gasteiger partial charge in [-0.15, -0.1) is 12.3 Å². The largest absolute Gasteiger partial charge is 0.480 e. The summed E-state index contributed by atoms with van der Waals surface area (Å²) in [7, 11) is 0. The van der Waals surface area contributed by atoms with Crippen molar-refractivity contribution in [3.8, 4) is 12.3 Å². The van der Waals surface area contributed by atoms with E-state index >= 15 is 0 Å². The topological polar surface area (TPSA) is 78.4 Å². The third-order valence-electron chi connectivity index (χ3n) is 1.73. The molecule has 0 aliphatic heterocycles. The van der Waals surface area contributed by atoms with E-state index in [0.29, 0.717) is 6.54 Å². The molecule has 0 saturated heterocycles. The second-order valence-electron chi connectivity index (χ2n) is 2.97. The van der Waals surface area contributed by atoms with Crippen LogP contribution in [0.25, 0.3) is 0 Å². The summed E-state index contributed by atoms with van der Waals surface area (Å²) in [5, 5.41) is 14.0. The normalized spacial score (nSPS) is 11.5. The number of terminal acetylenes is 1. The molecular formula is C10H16N2O3. The van der Waals surface area contributed by atoms with Crippen molar-refractivity contribution in [1.82, 2.24) is 10.6 Å². The van der Waals surface area contributed by atoms with Gasteiger partial charge in [0, 0.05) is 19.4 Å². The average molecular weight is 212 g/mol. The van der Waals surface area contributed by atoms with E-state index in [9.17, 15) is 9.59 Å². The molecule has 84 valence electrons. The van der Waals surface area contributed by atoms with Crippen LogP contribution in [0.4, 0.5) is 0 Å². The van der Waals surface area contributed by atoms with Gasteiger partial charge >= 0.3 is 5.97 Å². The van der Waals surface area contributed by atoms with E-state index in [1.54, 1.807) is 0 Å². The molecule has 0 saturated carbocycles. The summed E-state index contributed by atoms with van der Waals surface area (Å²) in [5.74, 6) is 0.797. The Morgan fingerprint density at radius 1 is 1.53 bits per heavy atom. The van der Waals surface area contributed by atoms with Crippen LogP contribution in [0, 0.1) is 12.3 Å². The van der Waals surface area contributed by atoms with Gasteiger partial charge in [0.25, 0.3) is 0 Å². The fourth-order valence-corrected chi connectivity index (χ4v) is 0.963. The highest BCUT2D eigenvalue weighted by Crippen LogP contribution is 1.91. The number of rotatable bonds is 7. The van der Waals surface area contributed by atoms with E-state index in [2.05, 4.69) is 16.6 Å². The second-order valence-corrected chi connectivity index (χ2v) is 2.97. The van der Waals surface area contributed by atoms with Crippen molar-refractivity contribution >= 4 is 11.9 Å². The Bertz CT molecular complexity index is 258. The van der Waals surface area contributed by atoms with Crippen molar-refractivity contribution in [2.75, 3.05) is 13.1 Å². The summed E-state index contributed by atoms with van der Waals surface area (Å²) in [4.78, 5) is 21.9. The van der Waals surface area contributed by atoms with E-state index in [4.69, 9.17) is 11.5 Å². The highest BCUT2D eigenvalue weighted by Gasteiger charge is 2.17. The molecule has 3 N–H and O–H groups in total. The van der Waals surface area contributed by atoms with Crippen molar-refractivity contribution in [3.63, 3.8) is 0 Å². The van der Waals surface area contributed by atoms with Gasteiger partial charge in [0.1, 0.15) is 6.04 Å². The number of aliphatic carboxylic acids is 1. The highest BCUT2D eigenvalue weighted by atomic mass is 16.4. The third kappa shape index (κ3) is 6.52. The van der Waals surface area contributed by atoms with Crippen molar-refractivity contribution in [2.45, 2.75) is 25.8 Å². The smallest absolute Gasteiger partial charge is 0.327 e. The molecule has 5 nitrogen and oxygen atoms in total. The van der Waals surface area contributed by atoms with E-state index in [1.807, 2.05) is 6.92 Å². The number of hydrogen-bond acceptors (Lipinski definition) is 3. The Morgan fingerprint density at radius 2 is 2.20 bits per heavy atom. The minimum absolute atomic E-state index is 0.00226. The molecule has 5 heteroatoms. The van der Waals surface area contributed by atoms with Crippen molar-refractivity contribution in [2.24, 2.45) is 0 Å². The van der Waals surface area contributed by atoms with E-state index in [0.717, 1.165) is 6.54 Å². The predicted molar refractivity (Wildman–Crippen MR) is 56.2 cm³/mol. The van der Waals surface area contributed by atoms with Gasteiger partial charge < -0.3 is 15.7 Å². The lowest BCUT2D eigenvalue weighted by Crippen LogP contribution is -2.41. The molecule has 0 bridgehead atoms. The molecule has 0 aliphatic rings. The van der Waals surface area contributed by atoms with E-state index in [-0.39, 0.29) is 18.7 Å². The van der Waals surface area contributed by atoms with Crippen molar-refractivity contribution in [1.29, 1.82) is 0 Å². The van der Waals surface area contributed by atoms with Gasteiger partial charge in [-0.1, -0.05) is 6.92 Å².